The molecule has 0 fully saturated rings. The fraction of sp³-hybridized carbons (Fsp3) is 0.562. The summed E-state index contributed by atoms with van der Waals surface area (Å²) in [6, 6.07) is 6.60. The van der Waals surface area contributed by atoms with Crippen LogP contribution in [0.1, 0.15) is 33.1 Å². The average molecular weight is 296 g/mol. The monoisotopic (exact) mass is 296 g/mol. The van der Waals surface area contributed by atoms with Crippen LogP contribution in [-0.4, -0.2) is 36.8 Å². The Labute approximate surface area is 126 Å². The van der Waals surface area contributed by atoms with Crippen molar-refractivity contribution in [2.75, 3.05) is 25.0 Å². The molecule has 1 unspecified atom stereocenters. The highest BCUT2D eigenvalue weighted by Crippen LogP contribution is 2.21. The van der Waals surface area contributed by atoms with Crippen molar-refractivity contribution in [3.05, 3.63) is 30.1 Å². The molecule has 0 amide bonds. The third-order valence-corrected chi connectivity index (χ3v) is 3.89. The van der Waals surface area contributed by atoms with Crippen LogP contribution in [0.25, 0.3) is 0 Å². The summed E-state index contributed by atoms with van der Waals surface area (Å²) in [5, 5.41) is 12.5. The molecule has 21 heavy (non-hydrogen) atoms. The Morgan fingerprint density at radius 1 is 1.38 bits per heavy atom. The van der Waals surface area contributed by atoms with Crippen molar-refractivity contribution >= 4 is 11.7 Å². The summed E-state index contributed by atoms with van der Waals surface area (Å²) in [4.78, 5) is 13.3. The number of hydrogen-bond acceptors (Lipinski definition) is 3. The second-order valence-electron chi connectivity index (χ2n) is 5.25. The summed E-state index contributed by atoms with van der Waals surface area (Å²) in [6.07, 6.45) is 1.73. The molecule has 0 aliphatic carbocycles. The number of para-hydroxylation sites is 1. The molecule has 0 radical (unpaired) electrons. The van der Waals surface area contributed by atoms with Crippen LogP contribution in [-0.2, 0) is 4.79 Å². The highest BCUT2D eigenvalue weighted by Gasteiger charge is 2.35. The van der Waals surface area contributed by atoms with Crippen molar-refractivity contribution in [3.63, 3.8) is 0 Å². The Morgan fingerprint density at radius 3 is 2.57 bits per heavy atom. The van der Waals surface area contributed by atoms with Crippen LogP contribution in [0.15, 0.2) is 24.3 Å². The maximum atomic E-state index is 13.7. The molecular weight excluding hydrogens is 271 g/mol. The minimum absolute atomic E-state index is 0.258. The van der Waals surface area contributed by atoms with Gasteiger partial charge in [0.1, 0.15) is 11.4 Å². The first-order chi connectivity index (χ1) is 9.96. The molecule has 0 aromatic heterocycles. The lowest BCUT2D eigenvalue weighted by Gasteiger charge is -2.30. The van der Waals surface area contributed by atoms with Gasteiger partial charge in [0.05, 0.1) is 5.69 Å². The number of likely N-dealkylation sites (N-methyl/N-ethyl adjacent to an activating group) is 1. The summed E-state index contributed by atoms with van der Waals surface area (Å²) in [5.74, 6) is -1.08. The Balaban J connectivity index is 2.62. The molecule has 1 rings (SSSR count). The number of carboxylic acid groups (broad SMARTS) is 1. The molecule has 5 heteroatoms. The van der Waals surface area contributed by atoms with Gasteiger partial charge < -0.3 is 15.3 Å². The van der Waals surface area contributed by atoms with E-state index in [1.807, 2.05) is 25.8 Å². The Kier molecular flexibility index (Phi) is 6.62. The van der Waals surface area contributed by atoms with Gasteiger partial charge in [-0.3, -0.25) is 4.79 Å². The molecule has 1 aromatic rings. The van der Waals surface area contributed by atoms with Gasteiger partial charge in [-0.2, -0.15) is 0 Å². The molecule has 2 N–H and O–H groups in total. The van der Waals surface area contributed by atoms with Crippen LogP contribution in [0, 0.1) is 5.82 Å². The quantitative estimate of drug-likeness (QED) is 0.736. The van der Waals surface area contributed by atoms with E-state index in [1.165, 1.54) is 6.07 Å². The number of hydrogen-bond donors (Lipinski definition) is 2. The van der Waals surface area contributed by atoms with E-state index in [0.717, 1.165) is 0 Å². The number of carbonyl (C=O) groups is 1. The number of benzene rings is 1. The van der Waals surface area contributed by atoms with Gasteiger partial charge in [0.25, 0.3) is 0 Å². The summed E-state index contributed by atoms with van der Waals surface area (Å²) in [5.41, 5.74) is -0.344. The number of rotatable bonds is 9. The van der Waals surface area contributed by atoms with E-state index in [2.05, 4.69) is 5.32 Å². The first kappa shape index (κ1) is 17.4. The maximum absolute atomic E-state index is 13.7. The van der Waals surface area contributed by atoms with E-state index in [1.54, 1.807) is 18.2 Å². The normalized spacial score (nSPS) is 13.7. The zero-order chi connectivity index (χ0) is 15.9. The standard InChI is InChI=1S/C16H25FN2O2/c1-4-16(15(20)21,18-5-2)11-8-12-19(3)14-10-7-6-9-13(14)17/h6-7,9-10,18H,4-5,8,11-12H2,1-3H3,(H,20,21). The Bertz CT molecular complexity index is 467. The van der Waals surface area contributed by atoms with Crippen molar-refractivity contribution in [1.29, 1.82) is 0 Å². The van der Waals surface area contributed by atoms with Gasteiger partial charge >= 0.3 is 5.97 Å². The van der Waals surface area contributed by atoms with Crippen molar-refractivity contribution in [3.8, 4) is 0 Å². The molecule has 0 aliphatic heterocycles. The van der Waals surface area contributed by atoms with Crippen LogP contribution in [0.2, 0.25) is 0 Å². The lowest BCUT2D eigenvalue weighted by atomic mass is 9.90. The van der Waals surface area contributed by atoms with Gasteiger partial charge in [0.15, 0.2) is 0 Å². The van der Waals surface area contributed by atoms with Crippen molar-refractivity contribution in [1.82, 2.24) is 5.32 Å². The second kappa shape index (κ2) is 7.98. The molecule has 118 valence electrons. The summed E-state index contributed by atoms with van der Waals surface area (Å²) >= 11 is 0. The van der Waals surface area contributed by atoms with Gasteiger partial charge in [-0.15, -0.1) is 0 Å². The predicted molar refractivity (Wildman–Crippen MR) is 83.2 cm³/mol. The van der Waals surface area contributed by atoms with Crippen LogP contribution in [0.3, 0.4) is 0 Å². The SMILES string of the molecule is CCNC(CC)(CCCN(C)c1ccccc1F)C(=O)O. The lowest BCUT2D eigenvalue weighted by molar-refractivity contribution is -0.145. The second-order valence-corrected chi connectivity index (χ2v) is 5.25. The third-order valence-electron chi connectivity index (χ3n) is 3.89. The molecule has 0 saturated heterocycles. The van der Waals surface area contributed by atoms with Crippen molar-refractivity contribution < 1.29 is 14.3 Å². The van der Waals surface area contributed by atoms with E-state index < -0.39 is 11.5 Å². The Morgan fingerprint density at radius 2 is 2.05 bits per heavy atom. The first-order valence-electron chi connectivity index (χ1n) is 7.41. The largest absolute Gasteiger partial charge is 0.480 e. The minimum atomic E-state index is -0.884. The fourth-order valence-corrected chi connectivity index (χ4v) is 2.56. The third kappa shape index (κ3) is 4.43. The van der Waals surface area contributed by atoms with Crippen molar-refractivity contribution in [2.24, 2.45) is 0 Å². The lowest BCUT2D eigenvalue weighted by Crippen LogP contribution is -2.51. The fourth-order valence-electron chi connectivity index (χ4n) is 2.56. The molecule has 4 nitrogen and oxygen atoms in total. The first-order valence-corrected chi connectivity index (χ1v) is 7.41. The van der Waals surface area contributed by atoms with Gasteiger partial charge in [-0.1, -0.05) is 26.0 Å². The number of nitrogens with one attached hydrogen (secondary N) is 1. The van der Waals surface area contributed by atoms with E-state index in [-0.39, 0.29) is 5.82 Å². The zero-order valence-corrected chi connectivity index (χ0v) is 13.0. The zero-order valence-electron chi connectivity index (χ0n) is 13.0. The Hall–Kier alpha value is -1.62. The molecule has 0 aliphatic rings. The van der Waals surface area contributed by atoms with E-state index in [0.29, 0.717) is 38.0 Å². The van der Waals surface area contributed by atoms with Crippen LogP contribution >= 0.6 is 0 Å². The smallest absolute Gasteiger partial charge is 0.323 e. The molecule has 0 saturated carbocycles. The van der Waals surface area contributed by atoms with Gasteiger partial charge in [0, 0.05) is 13.6 Å². The van der Waals surface area contributed by atoms with Gasteiger partial charge in [0.2, 0.25) is 0 Å². The van der Waals surface area contributed by atoms with E-state index in [4.69, 9.17) is 0 Å². The number of halogens is 1. The highest BCUT2D eigenvalue weighted by molar-refractivity contribution is 5.78. The molecular formula is C16H25FN2O2. The number of carboxylic acids is 1. The number of anilines is 1. The topological polar surface area (TPSA) is 52.6 Å². The molecule has 0 bridgehead atoms. The van der Waals surface area contributed by atoms with Crippen LogP contribution in [0.4, 0.5) is 10.1 Å². The van der Waals surface area contributed by atoms with Gasteiger partial charge in [-0.05, 0) is 37.9 Å². The summed E-state index contributed by atoms with van der Waals surface area (Å²) < 4.78 is 13.7. The van der Waals surface area contributed by atoms with Gasteiger partial charge in [-0.25, -0.2) is 4.39 Å². The average Bonchev–Trinajstić information content (AvgIpc) is 2.46. The van der Waals surface area contributed by atoms with Crippen molar-refractivity contribution in [2.45, 2.75) is 38.6 Å². The van der Waals surface area contributed by atoms with Crippen LogP contribution < -0.4 is 10.2 Å². The maximum Gasteiger partial charge on any atom is 0.323 e. The summed E-state index contributed by atoms with van der Waals surface area (Å²) in [7, 11) is 1.82. The summed E-state index contributed by atoms with van der Waals surface area (Å²) in [6.45, 7) is 5.00. The minimum Gasteiger partial charge on any atom is -0.480 e. The van der Waals surface area contributed by atoms with E-state index in [9.17, 15) is 14.3 Å². The number of nitrogens with zero attached hydrogens (tertiary/aromatic N) is 1. The number of aliphatic carboxylic acids is 1. The molecule has 0 heterocycles. The molecule has 1 aromatic carbocycles. The van der Waals surface area contributed by atoms with E-state index >= 15 is 0 Å². The highest BCUT2D eigenvalue weighted by atomic mass is 19.1. The van der Waals surface area contributed by atoms with Crippen LogP contribution in [0.5, 0.6) is 0 Å². The molecule has 0 spiro atoms. The predicted octanol–water partition coefficient (Wildman–Crippen LogP) is 2.89. The molecule has 1 atom stereocenters.